The largest absolute Gasteiger partial charge is 0.396 e. The van der Waals surface area contributed by atoms with Crippen LogP contribution in [-0.4, -0.2) is 77.6 Å². The molecule has 44 heavy (non-hydrogen) atoms. The third-order valence-electron chi connectivity index (χ3n) is 10.6. The second kappa shape index (κ2) is 16.0. The van der Waals surface area contributed by atoms with Gasteiger partial charge in [-0.05, 0) is 74.0 Å². The minimum absolute atomic E-state index is 0.00539. The molecule has 1 unspecified atom stereocenters. The summed E-state index contributed by atoms with van der Waals surface area (Å²) in [5.41, 5.74) is 0.466. The van der Waals surface area contributed by atoms with Gasteiger partial charge in [-0.25, -0.2) is 8.42 Å². The first-order valence-electron chi connectivity index (χ1n) is 16.7. The Balaban J connectivity index is 1.40. The summed E-state index contributed by atoms with van der Waals surface area (Å²) in [7, 11) is -3.51. The molecular weight excluding hydrogens is 691 g/mol. The first-order valence-corrected chi connectivity index (χ1v) is 19.9. The third kappa shape index (κ3) is 8.66. The summed E-state index contributed by atoms with van der Waals surface area (Å²) in [5.74, 6) is 0.365. The van der Waals surface area contributed by atoms with E-state index in [1.165, 1.54) is 0 Å². The number of halogens is 1. The Morgan fingerprint density at radius 1 is 1.09 bits per heavy atom. The fraction of sp³-hybridized carbons (Fsp3) is 0.771. The Kier molecular flexibility index (Phi) is 13.2. The van der Waals surface area contributed by atoms with Crippen molar-refractivity contribution in [1.82, 2.24) is 0 Å². The monoisotopic (exact) mass is 746 g/mol. The van der Waals surface area contributed by atoms with Gasteiger partial charge in [0.1, 0.15) is 5.60 Å². The quantitative estimate of drug-likeness (QED) is 0.113. The number of aliphatic hydroxyl groups excluding tert-OH is 2. The van der Waals surface area contributed by atoms with Gasteiger partial charge in [0.25, 0.3) is 0 Å². The normalized spacial score (nSPS) is 34.4. The summed E-state index contributed by atoms with van der Waals surface area (Å²) < 4.78 is 47.4. The Morgan fingerprint density at radius 3 is 2.48 bits per heavy atom. The van der Waals surface area contributed by atoms with Gasteiger partial charge in [-0.3, -0.25) is 0 Å². The maximum absolute atomic E-state index is 13.4. The molecule has 0 saturated carbocycles. The number of hydrogen-bond donors (Lipinski definition) is 2. The predicted molar refractivity (Wildman–Crippen MR) is 183 cm³/mol. The van der Waals surface area contributed by atoms with Gasteiger partial charge < -0.3 is 24.4 Å². The number of sulfone groups is 1. The smallest absolute Gasteiger partial charge is 0.178 e. The molecule has 7 nitrogen and oxygen atoms in total. The van der Waals surface area contributed by atoms with Gasteiger partial charge in [0.15, 0.2) is 9.84 Å². The number of alkyl halides is 1. The second-order valence-electron chi connectivity index (χ2n) is 13.9. The summed E-state index contributed by atoms with van der Waals surface area (Å²) in [4.78, 5) is 0.335. The minimum atomic E-state index is -3.51. The molecule has 3 aliphatic rings. The SMILES string of the molecule is C=C([C@H](C)CC1CC[C@@H]2O[C@@H](CCCO)C[C@]2(CI)O1)[C@H](O)C[C@@H]1O[C@H](C[C@H](C)CC)[C@H](C)[C@H]1CS(=O)(=O)c1ccccc1. The van der Waals surface area contributed by atoms with Crippen LogP contribution in [0.5, 0.6) is 0 Å². The fourth-order valence-corrected chi connectivity index (χ4v) is 10.3. The van der Waals surface area contributed by atoms with Crippen molar-refractivity contribution in [2.45, 2.75) is 133 Å². The molecule has 1 aromatic rings. The molecule has 0 radical (unpaired) electrons. The number of hydrogen-bond acceptors (Lipinski definition) is 7. The molecule has 3 aliphatic heterocycles. The maximum Gasteiger partial charge on any atom is 0.178 e. The highest BCUT2D eigenvalue weighted by Gasteiger charge is 2.52. The summed E-state index contributed by atoms with van der Waals surface area (Å²) in [6.07, 6.45) is 6.44. The van der Waals surface area contributed by atoms with E-state index < -0.39 is 15.9 Å². The molecular formula is C35H55IO7S. The van der Waals surface area contributed by atoms with Gasteiger partial charge in [0.2, 0.25) is 0 Å². The second-order valence-corrected chi connectivity index (χ2v) is 16.7. The topological polar surface area (TPSA) is 102 Å². The zero-order valence-electron chi connectivity index (χ0n) is 27.1. The van der Waals surface area contributed by atoms with E-state index in [-0.39, 0.29) is 66.2 Å². The average Bonchev–Trinajstić information content (AvgIpc) is 3.52. The first kappa shape index (κ1) is 36.3. The molecule has 2 N–H and O–H groups in total. The van der Waals surface area contributed by atoms with Crippen molar-refractivity contribution in [3.05, 3.63) is 42.5 Å². The molecule has 3 saturated heterocycles. The van der Waals surface area contributed by atoms with Crippen LogP contribution in [0.25, 0.3) is 0 Å². The van der Waals surface area contributed by atoms with Crippen molar-refractivity contribution >= 4 is 32.4 Å². The maximum atomic E-state index is 13.4. The molecule has 3 fully saturated rings. The van der Waals surface area contributed by atoms with Crippen molar-refractivity contribution in [3.8, 4) is 0 Å². The molecule has 4 rings (SSSR count). The Labute approximate surface area is 279 Å². The minimum Gasteiger partial charge on any atom is -0.396 e. The predicted octanol–water partition coefficient (Wildman–Crippen LogP) is 6.53. The van der Waals surface area contributed by atoms with Crippen LogP contribution in [-0.2, 0) is 24.0 Å². The molecule has 11 atom stereocenters. The van der Waals surface area contributed by atoms with Gasteiger partial charge in [0, 0.05) is 29.8 Å². The average molecular weight is 747 g/mol. The number of ether oxygens (including phenoxy) is 3. The number of rotatable bonds is 16. The summed E-state index contributed by atoms with van der Waals surface area (Å²) in [5, 5.41) is 20.7. The standard InChI is InChI=1S/C35H55IO7S/c1-6-23(2)17-32-26(5)30(21-44(39,40)29-12-8-7-9-13-29)33(42-32)19-31(38)25(4)24(3)18-27-14-15-34-35(22-36,43-27)20-28(41-34)11-10-16-37/h7-9,12-13,23-24,26-28,30-34,37-38H,4,6,10-11,14-22H2,1-3,5H3/t23-,24-,26-,27?,28+,30-,31-,32-,33+,34+,35-/m1/s1. The lowest BCUT2D eigenvalue weighted by Crippen LogP contribution is -2.50. The highest BCUT2D eigenvalue weighted by atomic mass is 127. The van der Waals surface area contributed by atoms with Crippen molar-refractivity contribution in [1.29, 1.82) is 0 Å². The van der Waals surface area contributed by atoms with Crippen LogP contribution < -0.4 is 0 Å². The molecule has 0 spiro atoms. The Bertz CT molecular complexity index is 1160. The van der Waals surface area contributed by atoms with Crippen LogP contribution in [0.1, 0.15) is 85.5 Å². The summed E-state index contributed by atoms with van der Waals surface area (Å²) >= 11 is 2.42. The van der Waals surface area contributed by atoms with Crippen LogP contribution in [0.2, 0.25) is 0 Å². The van der Waals surface area contributed by atoms with Crippen LogP contribution in [0.3, 0.4) is 0 Å². The van der Waals surface area contributed by atoms with Gasteiger partial charge in [-0.1, -0.05) is 81.5 Å². The van der Waals surface area contributed by atoms with Crippen molar-refractivity contribution in [3.63, 3.8) is 0 Å². The first-order chi connectivity index (χ1) is 20.9. The van der Waals surface area contributed by atoms with Crippen molar-refractivity contribution in [2.75, 3.05) is 16.8 Å². The summed E-state index contributed by atoms with van der Waals surface area (Å²) in [6, 6.07) is 8.65. The van der Waals surface area contributed by atoms with Gasteiger partial charge in [0.05, 0.1) is 47.3 Å². The highest BCUT2D eigenvalue weighted by molar-refractivity contribution is 14.1. The van der Waals surface area contributed by atoms with Gasteiger partial charge >= 0.3 is 0 Å². The molecule has 0 aromatic heterocycles. The van der Waals surface area contributed by atoms with E-state index in [4.69, 9.17) is 14.2 Å². The van der Waals surface area contributed by atoms with Crippen LogP contribution >= 0.6 is 22.6 Å². The van der Waals surface area contributed by atoms with Crippen LogP contribution in [0, 0.1) is 23.7 Å². The molecule has 9 heteroatoms. The van der Waals surface area contributed by atoms with E-state index in [1.807, 2.05) is 6.07 Å². The molecule has 0 bridgehead atoms. The van der Waals surface area contributed by atoms with E-state index in [0.29, 0.717) is 17.2 Å². The van der Waals surface area contributed by atoms with Crippen molar-refractivity contribution < 1.29 is 32.8 Å². The van der Waals surface area contributed by atoms with Gasteiger partial charge in [-0.2, -0.15) is 0 Å². The zero-order chi connectivity index (χ0) is 32.1. The van der Waals surface area contributed by atoms with E-state index in [0.717, 1.165) is 61.4 Å². The summed E-state index contributed by atoms with van der Waals surface area (Å²) in [6.45, 7) is 13.1. The number of fused-ring (bicyclic) bond motifs is 1. The van der Waals surface area contributed by atoms with E-state index in [9.17, 15) is 18.6 Å². The fourth-order valence-electron chi connectivity index (χ4n) is 7.54. The Hall–Kier alpha value is -0.560. The lowest BCUT2D eigenvalue weighted by molar-refractivity contribution is -0.155. The molecule has 0 aliphatic carbocycles. The lowest BCUT2D eigenvalue weighted by Gasteiger charge is -2.42. The molecule has 3 heterocycles. The number of benzene rings is 1. The Morgan fingerprint density at radius 2 is 1.82 bits per heavy atom. The van der Waals surface area contributed by atoms with E-state index in [1.54, 1.807) is 24.3 Å². The van der Waals surface area contributed by atoms with Gasteiger partial charge in [-0.15, -0.1) is 0 Å². The van der Waals surface area contributed by atoms with E-state index in [2.05, 4.69) is 56.9 Å². The van der Waals surface area contributed by atoms with Crippen LogP contribution in [0.15, 0.2) is 47.4 Å². The molecule has 1 aromatic carbocycles. The third-order valence-corrected chi connectivity index (χ3v) is 13.8. The zero-order valence-corrected chi connectivity index (χ0v) is 30.0. The van der Waals surface area contributed by atoms with Crippen molar-refractivity contribution in [2.24, 2.45) is 23.7 Å². The molecule has 250 valence electrons. The highest BCUT2D eigenvalue weighted by Crippen LogP contribution is 2.46. The van der Waals surface area contributed by atoms with Crippen LogP contribution in [0.4, 0.5) is 0 Å². The number of aliphatic hydroxyl groups is 2. The van der Waals surface area contributed by atoms with E-state index >= 15 is 0 Å². The molecule has 0 amide bonds. The lowest BCUT2D eigenvalue weighted by atomic mass is 9.82.